The van der Waals surface area contributed by atoms with Crippen LogP contribution in [0.4, 0.5) is 0 Å². The number of aromatic nitrogens is 1. The number of hydrogen-bond acceptors (Lipinski definition) is 4. The van der Waals surface area contributed by atoms with E-state index in [1.54, 1.807) is 4.57 Å². The van der Waals surface area contributed by atoms with Crippen molar-refractivity contribution in [2.75, 3.05) is 13.1 Å². The fraction of sp³-hybridized carbons (Fsp3) is 0.647. The number of pyridine rings is 1. The first-order chi connectivity index (χ1) is 10.9. The van der Waals surface area contributed by atoms with Crippen LogP contribution >= 0.6 is 0 Å². The highest BCUT2D eigenvalue weighted by Crippen LogP contribution is 2.20. The van der Waals surface area contributed by atoms with Crippen molar-refractivity contribution in [1.29, 1.82) is 0 Å². The van der Waals surface area contributed by atoms with E-state index in [-0.39, 0.29) is 0 Å². The Morgan fingerprint density at radius 2 is 1.83 bits per heavy atom. The van der Waals surface area contributed by atoms with Crippen LogP contribution in [-0.4, -0.2) is 38.7 Å². The maximum absolute atomic E-state index is 11.8. The molecular weight excluding hydrogens is 296 g/mol. The molecule has 0 spiro atoms. The lowest BCUT2D eigenvalue weighted by molar-refractivity contribution is -0.141. The van der Waals surface area contributed by atoms with Crippen LogP contribution in [0, 0.1) is 0 Å². The Morgan fingerprint density at radius 3 is 2.30 bits per heavy atom. The fourth-order valence-corrected chi connectivity index (χ4v) is 2.78. The maximum Gasteiger partial charge on any atom is 0.326 e. The van der Waals surface area contributed by atoms with Crippen molar-refractivity contribution in [3.05, 3.63) is 28.2 Å². The van der Waals surface area contributed by atoms with Gasteiger partial charge in [-0.2, -0.15) is 0 Å². The highest BCUT2D eigenvalue weighted by Gasteiger charge is 2.22. The Morgan fingerprint density at radius 1 is 1.22 bits per heavy atom. The number of nitrogens with zero attached hydrogens (tertiary/aromatic N) is 2. The molecule has 0 aliphatic rings. The van der Waals surface area contributed by atoms with Gasteiger partial charge in [0.05, 0.1) is 6.20 Å². The molecule has 1 aromatic heterocycles. The van der Waals surface area contributed by atoms with Gasteiger partial charge in [-0.3, -0.25) is 9.69 Å². The summed E-state index contributed by atoms with van der Waals surface area (Å²) < 4.78 is 1.54. The van der Waals surface area contributed by atoms with Crippen molar-refractivity contribution in [2.24, 2.45) is 0 Å². The second-order valence-corrected chi connectivity index (χ2v) is 5.84. The van der Waals surface area contributed by atoms with E-state index < -0.39 is 23.2 Å². The summed E-state index contributed by atoms with van der Waals surface area (Å²) in [6, 6.07) is 0.589. The second-order valence-electron chi connectivity index (χ2n) is 5.84. The molecule has 0 saturated carbocycles. The van der Waals surface area contributed by atoms with E-state index in [2.05, 4.69) is 18.7 Å². The molecule has 2 N–H and O–H groups in total. The summed E-state index contributed by atoms with van der Waals surface area (Å²) in [4.78, 5) is 25.6. The molecule has 1 unspecified atom stereocenters. The lowest BCUT2D eigenvalue weighted by Gasteiger charge is -2.26. The molecule has 1 atom stereocenters. The summed E-state index contributed by atoms with van der Waals surface area (Å²) in [5, 5.41) is 19.2. The quantitative estimate of drug-likeness (QED) is 0.691. The summed E-state index contributed by atoms with van der Waals surface area (Å²) in [5.74, 6) is -1.36. The minimum atomic E-state index is -0.950. The van der Waals surface area contributed by atoms with Crippen LogP contribution in [0.1, 0.15) is 58.2 Å². The van der Waals surface area contributed by atoms with Crippen molar-refractivity contribution in [1.82, 2.24) is 9.47 Å². The lowest BCUT2D eigenvalue weighted by atomic mass is 10.1. The number of rotatable bonds is 10. The predicted octanol–water partition coefficient (Wildman–Crippen LogP) is 2.60. The summed E-state index contributed by atoms with van der Waals surface area (Å²) in [7, 11) is 0. The van der Waals surface area contributed by atoms with Gasteiger partial charge in [0.25, 0.3) is 0 Å². The number of carboxylic acids is 1. The monoisotopic (exact) mass is 324 g/mol. The van der Waals surface area contributed by atoms with Gasteiger partial charge in [0.15, 0.2) is 5.75 Å². The molecule has 0 aliphatic heterocycles. The van der Waals surface area contributed by atoms with Gasteiger partial charge in [0, 0.05) is 18.3 Å². The van der Waals surface area contributed by atoms with Gasteiger partial charge < -0.3 is 14.8 Å². The fourth-order valence-electron chi connectivity index (χ4n) is 2.78. The highest BCUT2D eigenvalue weighted by atomic mass is 16.4. The first kappa shape index (κ1) is 19.2. The average Bonchev–Trinajstić information content (AvgIpc) is 2.49. The molecule has 6 nitrogen and oxygen atoms in total. The van der Waals surface area contributed by atoms with Crippen molar-refractivity contribution in [3.8, 4) is 5.75 Å². The maximum atomic E-state index is 11.8. The van der Waals surface area contributed by atoms with Gasteiger partial charge in [-0.15, -0.1) is 0 Å². The third kappa shape index (κ3) is 5.39. The molecule has 23 heavy (non-hydrogen) atoms. The third-order valence-electron chi connectivity index (χ3n) is 3.79. The van der Waals surface area contributed by atoms with Crippen molar-refractivity contribution >= 4 is 5.97 Å². The molecule has 0 bridgehead atoms. The Labute approximate surface area is 137 Å². The molecule has 1 aromatic rings. The van der Waals surface area contributed by atoms with Crippen LogP contribution < -0.4 is 5.43 Å². The van der Waals surface area contributed by atoms with Crippen LogP contribution in [0.3, 0.4) is 0 Å². The Bertz CT molecular complexity index is 562. The molecule has 0 aromatic carbocycles. The predicted molar refractivity (Wildman–Crippen MR) is 89.8 cm³/mol. The summed E-state index contributed by atoms with van der Waals surface area (Å²) in [6.45, 7) is 8.36. The van der Waals surface area contributed by atoms with Crippen LogP contribution in [-0.2, 0) is 11.3 Å². The van der Waals surface area contributed by atoms with E-state index in [1.165, 1.54) is 12.3 Å². The SMILES string of the molecule is CCCC(C(=O)O)n1cc(O)c(=O)cc1CN(CCC)CCC. The van der Waals surface area contributed by atoms with Crippen LogP contribution in [0.25, 0.3) is 0 Å². The van der Waals surface area contributed by atoms with E-state index in [0.717, 1.165) is 25.9 Å². The Balaban J connectivity index is 3.25. The van der Waals surface area contributed by atoms with Crippen LogP contribution in [0.15, 0.2) is 17.1 Å². The molecule has 0 aliphatic carbocycles. The molecule has 1 rings (SSSR count). The van der Waals surface area contributed by atoms with Gasteiger partial charge in [-0.25, -0.2) is 4.79 Å². The molecule has 0 saturated heterocycles. The molecule has 130 valence electrons. The first-order valence-electron chi connectivity index (χ1n) is 8.33. The number of carbonyl (C=O) groups is 1. The topological polar surface area (TPSA) is 82.8 Å². The van der Waals surface area contributed by atoms with Crippen molar-refractivity contribution < 1.29 is 15.0 Å². The van der Waals surface area contributed by atoms with E-state index in [0.29, 0.717) is 25.1 Å². The molecule has 0 fully saturated rings. The standard InChI is InChI=1S/C17H28N2O4/c1-4-7-14(17(22)23)19-12-16(21)15(20)10-13(19)11-18(8-5-2)9-6-3/h10,12,14,21H,4-9,11H2,1-3H3,(H,22,23). The summed E-state index contributed by atoms with van der Waals surface area (Å²) in [6.07, 6.45) is 4.39. The van der Waals surface area contributed by atoms with Crippen LogP contribution in [0.5, 0.6) is 5.75 Å². The van der Waals surface area contributed by atoms with E-state index in [4.69, 9.17) is 0 Å². The van der Waals surface area contributed by atoms with E-state index in [9.17, 15) is 19.8 Å². The number of carboxylic acid groups (broad SMARTS) is 1. The zero-order valence-corrected chi connectivity index (χ0v) is 14.3. The molecule has 0 amide bonds. The number of aliphatic carboxylic acids is 1. The number of hydrogen-bond donors (Lipinski definition) is 2. The van der Waals surface area contributed by atoms with Gasteiger partial charge in [-0.05, 0) is 32.4 Å². The molecular formula is C17H28N2O4. The van der Waals surface area contributed by atoms with Crippen molar-refractivity contribution in [3.63, 3.8) is 0 Å². The zero-order chi connectivity index (χ0) is 17.4. The zero-order valence-electron chi connectivity index (χ0n) is 14.3. The normalized spacial score (nSPS) is 12.5. The third-order valence-corrected chi connectivity index (χ3v) is 3.79. The van der Waals surface area contributed by atoms with Crippen molar-refractivity contribution in [2.45, 2.75) is 59.0 Å². The first-order valence-corrected chi connectivity index (χ1v) is 8.33. The highest BCUT2D eigenvalue weighted by molar-refractivity contribution is 5.72. The smallest absolute Gasteiger partial charge is 0.326 e. The van der Waals surface area contributed by atoms with Gasteiger partial charge in [0.1, 0.15) is 6.04 Å². The van der Waals surface area contributed by atoms with Gasteiger partial charge >= 0.3 is 5.97 Å². The Hall–Kier alpha value is -1.82. The summed E-state index contributed by atoms with van der Waals surface area (Å²) >= 11 is 0. The second kappa shape index (κ2) is 9.35. The van der Waals surface area contributed by atoms with E-state index in [1.807, 2.05) is 6.92 Å². The Kier molecular flexibility index (Phi) is 7.81. The minimum Gasteiger partial charge on any atom is -0.503 e. The van der Waals surface area contributed by atoms with Crippen LogP contribution in [0.2, 0.25) is 0 Å². The lowest BCUT2D eigenvalue weighted by Crippen LogP contribution is -2.30. The largest absolute Gasteiger partial charge is 0.503 e. The number of aromatic hydroxyl groups is 1. The van der Waals surface area contributed by atoms with E-state index >= 15 is 0 Å². The molecule has 0 radical (unpaired) electrons. The molecule has 1 heterocycles. The average molecular weight is 324 g/mol. The van der Waals surface area contributed by atoms with Gasteiger partial charge in [0.2, 0.25) is 5.43 Å². The molecule has 6 heteroatoms. The minimum absolute atomic E-state index is 0.409. The van der Waals surface area contributed by atoms with Gasteiger partial charge in [-0.1, -0.05) is 27.2 Å². The summed E-state index contributed by atoms with van der Waals surface area (Å²) in [5.41, 5.74) is 0.167.